The molecule has 1 saturated carbocycles. The Labute approximate surface area is 227 Å². The van der Waals surface area contributed by atoms with E-state index in [1.807, 2.05) is 6.08 Å². The molecule has 3 aliphatic rings. The highest BCUT2D eigenvalue weighted by Crippen LogP contribution is 2.42. The number of carbonyl (C=O) groups excluding carboxylic acids is 3. The van der Waals surface area contributed by atoms with Gasteiger partial charge in [-0.15, -0.1) is 0 Å². The van der Waals surface area contributed by atoms with E-state index in [2.05, 4.69) is 17.2 Å². The second-order valence-corrected chi connectivity index (χ2v) is 9.57. The van der Waals surface area contributed by atoms with Crippen LogP contribution in [0.2, 0.25) is 0 Å². The third-order valence-corrected chi connectivity index (χ3v) is 6.54. The quantitative estimate of drug-likeness (QED) is 0.247. The Bertz CT molecular complexity index is 1060. The zero-order chi connectivity index (χ0) is 27.8. The first-order valence-electron chi connectivity index (χ1n) is 13.3. The van der Waals surface area contributed by atoms with Crippen LogP contribution in [0.5, 0.6) is 11.5 Å². The van der Waals surface area contributed by atoms with Gasteiger partial charge in [0.1, 0.15) is 6.10 Å². The minimum Gasteiger partial charge on any atom is -0.493 e. The molecular formula is C27H36N2O10. The van der Waals surface area contributed by atoms with E-state index >= 15 is 0 Å². The van der Waals surface area contributed by atoms with Crippen molar-refractivity contribution < 1.29 is 47.5 Å². The van der Waals surface area contributed by atoms with Gasteiger partial charge in [-0.2, -0.15) is 0 Å². The van der Waals surface area contributed by atoms with E-state index in [-0.39, 0.29) is 29.9 Å². The van der Waals surface area contributed by atoms with Crippen LogP contribution in [0, 0.1) is 5.92 Å². The number of nitrogens with one attached hydrogen (secondary N) is 1. The van der Waals surface area contributed by atoms with E-state index in [4.69, 9.17) is 33.2 Å². The van der Waals surface area contributed by atoms with E-state index < -0.39 is 42.9 Å². The second kappa shape index (κ2) is 13.6. The van der Waals surface area contributed by atoms with Crippen molar-refractivity contribution in [2.45, 2.75) is 70.3 Å². The van der Waals surface area contributed by atoms with Gasteiger partial charge in [0.05, 0.1) is 19.5 Å². The van der Waals surface area contributed by atoms with Crippen LogP contribution in [0.1, 0.15) is 56.4 Å². The van der Waals surface area contributed by atoms with Crippen molar-refractivity contribution in [3.8, 4) is 11.5 Å². The van der Waals surface area contributed by atoms with Crippen LogP contribution in [0.15, 0.2) is 24.1 Å². The molecule has 2 fully saturated rings. The molecule has 12 nitrogen and oxygen atoms in total. The van der Waals surface area contributed by atoms with Gasteiger partial charge < -0.3 is 38.5 Å². The number of hydrogen-bond donors (Lipinski definition) is 1. The largest absolute Gasteiger partial charge is 0.493 e. The van der Waals surface area contributed by atoms with Crippen molar-refractivity contribution in [2.75, 3.05) is 33.7 Å². The number of amides is 1. The van der Waals surface area contributed by atoms with Crippen molar-refractivity contribution in [1.29, 1.82) is 0 Å². The average molecular weight is 549 g/mol. The molecule has 214 valence electrons. The summed E-state index contributed by atoms with van der Waals surface area (Å²) in [5.41, 5.74) is -0.159. The number of methoxy groups -OCH3 is 1. The van der Waals surface area contributed by atoms with Gasteiger partial charge in [-0.3, -0.25) is 9.59 Å². The minimum atomic E-state index is -1.12. The molecule has 2 aliphatic heterocycles. The fourth-order valence-corrected chi connectivity index (χ4v) is 4.31. The van der Waals surface area contributed by atoms with Gasteiger partial charge in [0.15, 0.2) is 35.4 Å². The summed E-state index contributed by atoms with van der Waals surface area (Å²) in [6.45, 7) is 3.63. The molecule has 1 N–H and O–H groups in total. The molecule has 1 aliphatic carbocycles. The van der Waals surface area contributed by atoms with Gasteiger partial charge in [-0.05, 0) is 25.3 Å². The van der Waals surface area contributed by atoms with Crippen molar-refractivity contribution in [1.82, 2.24) is 10.3 Å². The predicted octanol–water partition coefficient (Wildman–Crippen LogP) is 2.30. The monoisotopic (exact) mass is 548 g/mol. The lowest BCUT2D eigenvalue weighted by Crippen LogP contribution is -2.49. The van der Waals surface area contributed by atoms with Gasteiger partial charge in [0, 0.05) is 44.7 Å². The molecule has 1 amide bonds. The van der Waals surface area contributed by atoms with Gasteiger partial charge in [0.25, 0.3) is 5.91 Å². The lowest BCUT2D eigenvalue weighted by molar-refractivity contribution is -0.163. The van der Waals surface area contributed by atoms with Crippen LogP contribution in [-0.4, -0.2) is 80.9 Å². The summed E-state index contributed by atoms with van der Waals surface area (Å²) in [4.78, 5) is 41.7. The maximum atomic E-state index is 13.3. The SMILES string of the molecule is CCCCO[C@H]1CCOC[C@H](NC(=O)c2nccc(OC)c2OCOC(C)=O)C(=O)O[C@H]2C=C(C3CC3)O[C@@H]21. The molecule has 4 rings (SSSR count). The van der Waals surface area contributed by atoms with Gasteiger partial charge in [0.2, 0.25) is 6.79 Å². The molecule has 3 heterocycles. The molecule has 0 aromatic carbocycles. The number of pyridine rings is 1. The van der Waals surface area contributed by atoms with Crippen LogP contribution in [0.4, 0.5) is 0 Å². The van der Waals surface area contributed by atoms with Crippen LogP contribution in [0.25, 0.3) is 0 Å². The Morgan fingerprint density at radius 3 is 2.74 bits per heavy atom. The molecule has 1 aromatic rings. The average Bonchev–Trinajstić information content (AvgIpc) is 3.69. The number of allylic oxidation sites excluding steroid dienone is 1. The summed E-state index contributed by atoms with van der Waals surface area (Å²) in [5.74, 6) is -0.618. The van der Waals surface area contributed by atoms with Crippen molar-refractivity contribution in [3.63, 3.8) is 0 Å². The number of aromatic nitrogens is 1. The normalized spacial score (nSPS) is 24.9. The summed E-state index contributed by atoms with van der Waals surface area (Å²) in [6.07, 6.45) is 6.33. The summed E-state index contributed by atoms with van der Waals surface area (Å²) >= 11 is 0. The molecule has 4 atom stereocenters. The van der Waals surface area contributed by atoms with E-state index in [1.54, 1.807) is 0 Å². The number of esters is 2. The number of ether oxygens (including phenoxy) is 7. The third kappa shape index (κ3) is 7.60. The Balaban J connectivity index is 1.48. The molecule has 0 unspecified atom stereocenters. The van der Waals surface area contributed by atoms with Crippen molar-refractivity contribution in [3.05, 3.63) is 29.8 Å². The number of hydrogen-bond acceptors (Lipinski definition) is 11. The molecule has 1 saturated heterocycles. The van der Waals surface area contributed by atoms with E-state index in [0.29, 0.717) is 25.6 Å². The molecule has 12 heteroatoms. The van der Waals surface area contributed by atoms with E-state index in [1.165, 1.54) is 26.3 Å². The topological polar surface area (TPSA) is 141 Å². The first kappa shape index (κ1) is 28.6. The maximum Gasteiger partial charge on any atom is 0.331 e. The summed E-state index contributed by atoms with van der Waals surface area (Å²) in [5, 5.41) is 2.63. The summed E-state index contributed by atoms with van der Waals surface area (Å²) in [7, 11) is 1.39. The molecule has 39 heavy (non-hydrogen) atoms. The van der Waals surface area contributed by atoms with Crippen LogP contribution >= 0.6 is 0 Å². The number of carbonyl (C=O) groups is 3. The maximum absolute atomic E-state index is 13.3. The zero-order valence-corrected chi connectivity index (χ0v) is 22.5. The van der Waals surface area contributed by atoms with Crippen LogP contribution in [-0.2, 0) is 33.3 Å². The predicted molar refractivity (Wildman–Crippen MR) is 135 cm³/mol. The molecular weight excluding hydrogens is 512 g/mol. The second-order valence-electron chi connectivity index (χ2n) is 9.57. The lowest BCUT2D eigenvalue weighted by Gasteiger charge is -2.30. The number of rotatable bonds is 11. The first-order valence-corrected chi connectivity index (χ1v) is 13.3. The fraction of sp³-hybridized carbons (Fsp3) is 0.630. The van der Waals surface area contributed by atoms with Crippen LogP contribution in [0.3, 0.4) is 0 Å². The number of unbranched alkanes of at least 4 members (excludes halogenated alkanes) is 1. The molecule has 0 radical (unpaired) electrons. The molecule has 0 spiro atoms. The first-order chi connectivity index (χ1) is 18.9. The van der Waals surface area contributed by atoms with Crippen molar-refractivity contribution in [2.24, 2.45) is 5.92 Å². The van der Waals surface area contributed by atoms with Crippen LogP contribution < -0.4 is 14.8 Å². The molecule has 0 bridgehead atoms. The van der Waals surface area contributed by atoms with E-state index in [9.17, 15) is 14.4 Å². The van der Waals surface area contributed by atoms with Gasteiger partial charge in [-0.25, -0.2) is 9.78 Å². The standard InChI is InChI=1S/C27H36N2O10/c1-4-5-11-35-20-9-12-34-14-18(27(32)39-22-13-21(17-6-7-17)38-24(20)22)29-26(31)23-25(37-15-36-16(2)30)19(33-3)8-10-28-23/h8,10,13,17-18,20,22,24H,4-7,9,11-12,14-15H2,1-3H3,(H,29,31)/t18-,20-,22-,24+/m0/s1. The Hall–Kier alpha value is -3.38. The van der Waals surface area contributed by atoms with Gasteiger partial charge in [-0.1, -0.05) is 13.3 Å². The van der Waals surface area contributed by atoms with E-state index in [0.717, 1.165) is 31.4 Å². The number of nitrogens with zero attached hydrogens (tertiary/aromatic N) is 1. The highest BCUT2D eigenvalue weighted by atomic mass is 16.7. The fourth-order valence-electron chi connectivity index (χ4n) is 4.31. The number of fused-ring (bicyclic) bond motifs is 1. The highest BCUT2D eigenvalue weighted by molar-refractivity contribution is 5.98. The Kier molecular flexibility index (Phi) is 9.99. The van der Waals surface area contributed by atoms with Gasteiger partial charge >= 0.3 is 11.9 Å². The zero-order valence-electron chi connectivity index (χ0n) is 22.5. The lowest BCUT2D eigenvalue weighted by atomic mass is 10.1. The summed E-state index contributed by atoms with van der Waals surface area (Å²) < 4.78 is 39.5. The summed E-state index contributed by atoms with van der Waals surface area (Å²) in [6, 6.07) is 0.368. The molecule has 1 aromatic heterocycles. The third-order valence-electron chi connectivity index (χ3n) is 6.54. The Morgan fingerprint density at radius 1 is 1.21 bits per heavy atom. The highest BCUT2D eigenvalue weighted by Gasteiger charge is 2.44. The minimum absolute atomic E-state index is 0.0405. The van der Waals surface area contributed by atoms with Crippen molar-refractivity contribution >= 4 is 17.8 Å². The Morgan fingerprint density at radius 2 is 2.03 bits per heavy atom. The smallest absolute Gasteiger partial charge is 0.331 e.